The van der Waals surface area contributed by atoms with E-state index in [2.05, 4.69) is 48.5 Å². The van der Waals surface area contributed by atoms with Gasteiger partial charge in [0.15, 0.2) is 0 Å². The van der Waals surface area contributed by atoms with E-state index in [1.54, 1.807) is 18.4 Å². The molecule has 1 saturated heterocycles. The van der Waals surface area contributed by atoms with Crippen molar-refractivity contribution in [1.82, 2.24) is 4.90 Å². The van der Waals surface area contributed by atoms with E-state index in [0.717, 1.165) is 43.4 Å². The lowest BCUT2D eigenvalue weighted by Crippen LogP contribution is -2.57. The van der Waals surface area contributed by atoms with Gasteiger partial charge in [-0.25, -0.2) is 9.83 Å². The number of para-hydroxylation sites is 2. The van der Waals surface area contributed by atoms with Gasteiger partial charge in [0.1, 0.15) is 23.9 Å². The molecule has 0 spiro atoms. The minimum Gasteiger partial charge on any atom is -0.345 e. The van der Waals surface area contributed by atoms with Crippen molar-refractivity contribution in [3.63, 3.8) is 0 Å². The molecule has 2 aromatic rings. The van der Waals surface area contributed by atoms with Crippen LogP contribution in [-0.2, 0) is 4.84 Å². The first-order chi connectivity index (χ1) is 11.6. The SMILES string of the molecule is CO[N+]1(C)CCN(C2=Nc3ccccc3Nc3sc(C)cc32)CC1. The predicted molar refractivity (Wildman–Crippen MR) is 99.5 cm³/mol. The zero-order valence-corrected chi connectivity index (χ0v) is 15.2. The summed E-state index contributed by atoms with van der Waals surface area (Å²) < 4.78 is 0.661. The molecule has 6 heteroatoms. The number of fused-ring (bicyclic) bond motifs is 2. The third-order valence-corrected chi connectivity index (χ3v) is 5.87. The fraction of sp³-hybridized carbons (Fsp3) is 0.389. The van der Waals surface area contributed by atoms with Crippen molar-refractivity contribution in [1.29, 1.82) is 0 Å². The molecule has 1 aromatic carbocycles. The standard InChI is InChI=1S/C18H23N4OS/c1-13-12-14-17(21-8-10-22(2,23-3)11-9-21)19-15-6-4-5-7-16(15)20-18(14)24-13/h4-7,12,20H,8-11H2,1-3H3/q+1. The Morgan fingerprint density at radius 3 is 2.75 bits per heavy atom. The normalized spacial score (nSPS) is 19.0. The Kier molecular flexibility index (Phi) is 3.83. The lowest BCUT2D eigenvalue weighted by atomic mass is 10.2. The number of piperazine rings is 1. The van der Waals surface area contributed by atoms with E-state index in [1.807, 2.05) is 6.07 Å². The van der Waals surface area contributed by atoms with E-state index >= 15 is 0 Å². The van der Waals surface area contributed by atoms with E-state index in [0.29, 0.717) is 4.65 Å². The number of hydrogen-bond acceptors (Lipinski definition) is 5. The molecular weight excluding hydrogens is 320 g/mol. The first-order valence-corrected chi connectivity index (χ1v) is 9.10. The molecule has 2 aliphatic heterocycles. The Morgan fingerprint density at radius 1 is 1.25 bits per heavy atom. The summed E-state index contributed by atoms with van der Waals surface area (Å²) in [5.41, 5.74) is 3.29. The monoisotopic (exact) mass is 343 g/mol. The Morgan fingerprint density at radius 2 is 2.00 bits per heavy atom. The average Bonchev–Trinajstić information content (AvgIpc) is 2.88. The number of quaternary nitrogens is 1. The molecule has 1 aromatic heterocycles. The Bertz CT molecular complexity index is 790. The highest BCUT2D eigenvalue weighted by atomic mass is 32.1. The van der Waals surface area contributed by atoms with E-state index in [9.17, 15) is 0 Å². The molecule has 3 heterocycles. The van der Waals surface area contributed by atoms with E-state index in [-0.39, 0.29) is 0 Å². The maximum atomic E-state index is 5.63. The molecule has 5 nitrogen and oxygen atoms in total. The molecule has 4 rings (SSSR count). The van der Waals surface area contributed by atoms with Crippen LogP contribution in [-0.4, -0.2) is 55.7 Å². The summed E-state index contributed by atoms with van der Waals surface area (Å²) >= 11 is 1.79. The third kappa shape index (κ3) is 2.70. The van der Waals surface area contributed by atoms with Crippen LogP contribution in [0.15, 0.2) is 35.3 Å². The van der Waals surface area contributed by atoms with E-state index < -0.39 is 0 Å². The number of benzene rings is 1. The van der Waals surface area contributed by atoms with Gasteiger partial charge in [0, 0.05) is 4.88 Å². The summed E-state index contributed by atoms with van der Waals surface area (Å²) in [6, 6.07) is 10.5. The zero-order chi connectivity index (χ0) is 16.7. The van der Waals surface area contributed by atoms with Gasteiger partial charge in [-0.3, -0.25) is 0 Å². The summed E-state index contributed by atoms with van der Waals surface area (Å²) in [7, 11) is 3.93. The molecule has 0 radical (unpaired) electrons. The van der Waals surface area contributed by atoms with Crippen LogP contribution >= 0.6 is 11.3 Å². The van der Waals surface area contributed by atoms with Crippen LogP contribution in [0.2, 0.25) is 0 Å². The Labute approximate surface area is 146 Å². The molecule has 1 fully saturated rings. The molecule has 0 unspecified atom stereocenters. The fourth-order valence-electron chi connectivity index (χ4n) is 3.27. The molecule has 0 amide bonds. The van der Waals surface area contributed by atoms with Gasteiger partial charge in [0.2, 0.25) is 0 Å². The zero-order valence-electron chi connectivity index (χ0n) is 14.4. The Balaban J connectivity index is 1.74. The van der Waals surface area contributed by atoms with E-state index in [1.165, 1.54) is 15.4 Å². The number of thiophene rings is 1. The summed E-state index contributed by atoms with van der Waals surface area (Å²) in [4.78, 5) is 14.4. The van der Waals surface area contributed by atoms with Gasteiger partial charge < -0.3 is 10.2 Å². The van der Waals surface area contributed by atoms with Crippen molar-refractivity contribution in [2.75, 3.05) is 45.7 Å². The quantitative estimate of drug-likeness (QED) is 0.805. The maximum absolute atomic E-state index is 5.63. The summed E-state index contributed by atoms with van der Waals surface area (Å²) in [5.74, 6) is 1.08. The molecule has 0 aliphatic carbocycles. The highest BCUT2D eigenvalue weighted by Crippen LogP contribution is 2.39. The number of aryl methyl sites for hydroxylation is 1. The number of anilines is 2. The number of nitrogens with one attached hydrogen (secondary N) is 1. The number of likely N-dealkylation sites (N-methyl/N-ethyl adjacent to an activating group) is 1. The van der Waals surface area contributed by atoms with Gasteiger partial charge in [-0.1, -0.05) is 12.1 Å². The molecule has 24 heavy (non-hydrogen) atoms. The number of aliphatic imine (C=N–C) groups is 1. The average molecular weight is 343 g/mol. The van der Waals surface area contributed by atoms with Gasteiger partial charge in [-0.05, 0) is 25.1 Å². The number of hydroxylamine groups is 3. The number of amidine groups is 1. The predicted octanol–water partition coefficient (Wildman–Crippen LogP) is 3.52. The van der Waals surface area contributed by atoms with Crippen molar-refractivity contribution in [3.05, 3.63) is 40.8 Å². The first kappa shape index (κ1) is 15.6. The van der Waals surface area contributed by atoms with Crippen LogP contribution < -0.4 is 5.32 Å². The lowest BCUT2D eigenvalue weighted by Gasteiger charge is -2.39. The third-order valence-electron chi connectivity index (χ3n) is 4.90. The molecule has 1 N–H and O–H groups in total. The first-order valence-electron chi connectivity index (χ1n) is 8.29. The second kappa shape index (κ2) is 5.88. The fourth-order valence-corrected chi connectivity index (χ4v) is 4.19. The van der Waals surface area contributed by atoms with Crippen LogP contribution in [0, 0.1) is 6.92 Å². The van der Waals surface area contributed by atoms with Crippen LogP contribution in [0.25, 0.3) is 0 Å². The van der Waals surface area contributed by atoms with Crippen molar-refractivity contribution in [2.45, 2.75) is 6.92 Å². The van der Waals surface area contributed by atoms with Crippen molar-refractivity contribution in [3.8, 4) is 0 Å². The maximum Gasteiger partial charge on any atom is 0.140 e. The number of nitrogens with zero attached hydrogens (tertiary/aromatic N) is 3. The summed E-state index contributed by atoms with van der Waals surface area (Å²) in [5, 5.41) is 4.75. The topological polar surface area (TPSA) is 36.9 Å². The van der Waals surface area contributed by atoms with E-state index in [4.69, 9.17) is 9.83 Å². The van der Waals surface area contributed by atoms with Crippen molar-refractivity contribution < 1.29 is 9.48 Å². The largest absolute Gasteiger partial charge is 0.345 e. The van der Waals surface area contributed by atoms with Gasteiger partial charge in [-0.2, -0.15) is 4.65 Å². The van der Waals surface area contributed by atoms with Crippen molar-refractivity contribution >= 4 is 33.5 Å². The van der Waals surface area contributed by atoms with Gasteiger partial charge in [-0.15, -0.1) is 11.3 Å². The molecular formula is C18H23N4OS+. The number of rotatable bonds is 1. The minimum absolute atomic E-state index is 0.661. The van der Waals surface area contributed by atoms with Crippen LogP contribution in [0.5, 0.6) is 0 Å². The highest BCUT2D eigenvalue weighted by Gasteiger charge is 2.33. The molecule has 126 valence electrons. The molecule has 0 bridgehead atoms. The van der Waals surface area contributed by atoms with Gasteiger partial charge >= 0.3 is 0 Å². The minimum atomic E-state index is 0.661. The van der Waals surface area contributed by atoms with Gasteiger partial charge in [0.05, 0.1) is 44.2 Å². The van der Waals surface area contributed by atoms with Crippen LogP contribution in [0.3, 0.4) is 0 Å². The van der Waals surface area contributed by atoms with Crippen LogP contribution in [0.4, 0.5) is 16.4 Å². The van der Waals surface area contributed by atoms with Crippen LogP contribution in [0.1, 0.15) is 10.4 Å². The second-order valence-electron chi connectivity index (χ2n) is 6.59. The highest BCUT2D eigenvalue weighted by molar-refractivity contribution is 7.16. The van der Waals surface area contributed by atoms with Gasteiger partial charge in [0.25, 0.3) is 0 Å². The molecule has 0 saturated carbocycles. The smallest absolute Gasteiger partial charge is 0.140 e. The Hall–Kier alpha value is -1.89. The second-order valence-corrected chi connectivity index (χ2v) is 7.85. The van der Waals surface area contributed by atoms with Crippen molar-refractivity contribution in [2.24, 2.45) is 4.99 Å². The summed E-state index contributed by atoms with van der Waals surface area (Å²) in [6.45, 7) is 5.96. The molecule has 0 atom stereocenters. The lowest BCUT2D eigenvalue weighted by molar-refractivity contribution is -1.09. The summed E-state index contributed by atoms with van der Waals surface area (Å²) in [6.07, 6.45) is 0. The number of hydrogen-bond donors (Lipinski definition) is 1. The molecule has 2 aliphatic rings.